The Morgan fingerprint density at radius 1 is 0.909 bits per heavy atom. The molecule has 0 aromatic rings. The van der Waals surface area contributed by atoms with Gasteiger partial charge in [-0.15, -0.1) is 0 Å². The molecule has 7 nitrogen and oxygen atoms in total. The van der Waals surface area contributed by atoms with Gasteiger partial charge in [0.15, 0.2) is 0 Å². The zero-order chi connectivity index (χ0) is 24.5. The van der Waals surface area contributed by atoms with E-state index in [9.17, 15) is 14.7 Å². The summed E-state index contributed by atoms with van der Waals surface area (Å²) in [7, 11) is 0. The molecular weight excluding hydrogens is 424 g/mol. The fourth-order valence-electron chi connectivity index (χ4n) is 5.72. The van der Waals surface area contributed by atoms with Crippen LogP contribution in [-0.2, 0) is 28.5 Å². The van der Waals surface area contributed by atoms with Crippen molar-refractivity contribution in [3.05, 3.63) is 0 Å². The maximum atomic E-state index is 12.4. The van der Waals surface area contributed by atoms with Gasteiger partial charge in [-0.05, 0) is 84.5 Å². The smallest absolute Gasteiger partial charge is 0.312 e. The Kier molecular flexibility index (Phi) is 7.87. The number of hydrogen-bond donors (Lipinski definition) is 1. The van der Waals surface area contributed by atoms with E-state index in [1.807, 2.05) is 41.5 Å². The molecule has 5 rings (SSSR count). The highest BCUT2D eigenvalue weighted by atomic mass is 16.7. The van der Waals surface area contributed by atoms with E-state index < -0.39 is 16.4 Å². The van der Waals surface area contributed by atoms with Gasteiger partial charge in [0.1, 0.15) is 18.5 Å². The van der Waals surface area contributed by atoms with Crippen LogP contribution in [0.4, 0.5) is 0 Å². The fraction of sp³-hybridized carbons (Fsp3) is 0.923. The molecule has 33 heavy (non-hydrogen) atoms. The van der Waals surface area contributed by atoms with Gasteiger partial charge in [0, 0.05) is 6.42 Å². The Bertz CT molecular complexity index is 693. The monoisotopic (exact) mass is 468 g/mol. The molecule has 4 aliphatic carbocycles. The van der Waals surface area contributed by atoms with E-state index in [1.165, 1.54) is 6.42 Å². The zero-order valence-corrected chi connectivity index (χ0v) is 21.4. The van der Waals surface area contributed by atoms with Gasteiger partial charge in [-0.3, -0.25) is 9.59 Å². The van der Waals surface area contributed by atoms with E-state index in [1.54, 1.807) is 0 Å². The highest BCUT2D eigenvalue weighted by molar-refractivity contribution is 5.76. The molecular formula is C26H44O7. The third-order valence-corrected chi connectivity index (χ3v) is 8.21. The van der Waals surface area contributed by atoms with E-state index in [0.29, 0.717) is 38.3 Å². The predicted octanol–water partition coefficient (Wildman–Crippen LogP) is 4.39. The number of hydrogen-bond acceptors (Lipinski definition) is 7. The van der Waals surface area contributed by atoms with Crippen molar-refractivity contribution >= 4 is 11.9 Å². The predicted molar refractivity (Wildman–Crippen MR) is 123 cm³/mol. The second-order valence-electron chi connectivity index (χ2n) is 12.1. The summed E-state index contributed by atoms with van der Waals surface area (Å²) in [6.07, 6.45) is 6.97. The van der Waals surface area contributed by atoms with Crippen molar-refractivity contribution in [3.63, 3.8) is 0 Å². The number of esters is 2. The molecule has 0 amide bonds. The van der Waals surface area contributed by atoms with E-state index in [4.69, 9.17) is 18.9 Å². The molecule has 0 aromatic carbocycles. The second kappa shape index (κ2) is 9.82. The molecule has 0 radical (unpaired) electrons. The molecule has 1 heterocycles. The first-order chi connectivity index (χ1) is 15.3. The first-order valence-corrected chi connectivity index (χ1v) is 12.6. The molecule has 2 atom stereocenters. The summed E-state index contributed by atoms with van der Waals surface area (Å²) >= 11 is 0. The lowest BCUT2D eigenvalue weighted by atomic mass is 9.52. The number of aliphatic hydroxyl groups is 1. The van der Waals surface area contributed by atoms with E-state index >= 15 is 0 Å². The van der Waals surface area contributed by atoms with Crippen LogP contribution in [0.25, 0.3) is 0 Å². The molecule has 5 fully saturated rings. The van der Waals surface area contributed by atoms with Crippen LogP contribution in [0.2, 0.25) is 0 Å². The van der Waals surface area contributed by atoms with Crippen molar-refractivity contribution < 1.29 is 33.6 Å². The Morgan fingerprint density at radius 2 is 1.42 bits per heavy atom. The van der Waals surface area contributed by atoms with Gasteiger partial charge >= 0.3 is 11.9 Å². The van der Waals surface area contributed by atoms with Crippen LogP contribution in [0.1, 0.15) is 92.9 Å². The third kappa shape index (κ3) is 6.29. The van der Waals surface area contributed by atoms with Gasteiger partial charge in [-0.1, -0.05) is 13.8 Å². The minimum atomic E-state index is -0.555. The lowest BCUT2D eigenvalue weighted by Gasteiger charge is -2.59. The Morgan fingerprint density at radius 3 is 1.91 bits per heavy atom. The maximum absolute atomic E-state index is 12.4. The van der Waals surface area contributed by atoms with Crippen LogP contribution in [0, 0.1) is 22.7 Å². The fourth-order valence-corrected chi connectivity index (χ4v) is 5.72. The number of rotatable bonds is 6. The van der Waals surface area contributed by atoms with E-state index in [2.05, 4.69) is 0 Å². The summed E-state index contributed by atoms with van der Waals surface area (Å²) in [6.45, 7) is 12.8. The summed E-state index contributed by atoms with van der Waals surface area (Å²) in [6, 6.07) is 0. The summed E-state index contributed by atoms with van der Waals surface area (Å²) in [4.78, 5) is 24.0. The van der Waals surface area contributed by atoms with Crippen molar-refractivity contribution in [2.45, 2.75) is 110 Å². The van der Waals surface area contributed by atoms with Crippen molar-refractivity contribution in [2.24, 2.45) is 22.7 Å². The molecule has 190 valence electrons. The molecule has 2 unspecified atom stereocenters. The lowest BCUT2D eigenvalue weighted by molar-refractivity contribution is -0.225. The molecule has 7 heteroatoms. The first kappa shape index (κ1) is 26.4. The van der Waals surface area contributed by atoms with Crippen LogP contribution in [0.3, 0.4) is 0 Å². The topological polar surface area (TPSA) is 91.3 Å². The second-order valence-corrected chi connectivity index (χ2v) is 12.1. The van der Waals surface area contributed by atoms with E-state index in [-0.39, 0.29) is 23.6 Å². The zero-order valence-electron chi connectivity index (χ0n) is 21.4. The summed E-state index contributed by atoms with van der Waals surface area (Å²) < 4.78 is 21.3. The molecule has 1 N–H and O–H groups in total. The minimum absolute atomic E-state index is 0.0828. The van der Waals surface area contributed by atoms with Crippen LogP contribution >= 0.6 is 0 Å². The van der Waals surface area contributed by atoms with Crippen molar-refractivity contribution in [1.29, 1.82) is 0 Å². The number of carbonyl (C=O) groups excluding carboxylic acids is 2. The lowest BCUT2D eigenvalue weighted by Crippen LogP contribution is -2.61. The molecule has 4 bridgehead atoms. The molecule has 5 aliphatic rings. The quantitative estimate of drug-likeness (QED) is 0.578. The van der Waals surface area contributed by atoms with Crippen LogP contribution in [-0.4, -0.2) is 54.4 Å². The molecule has 0 aromatic heterocycles. The van der Waals surface area contributed by atoms with Crippen molar-refractivity contribution in [2.75, 3.05) is 20.0 Å². The minimum Gasteiger partial charge on any atom is -0.459 e. The normalized spacial score (nSPS) is 33.8. The van der Waals surface area contributed by atoms with Gasteiger partial charge < -0.3 is 24.1 Å². The third-order valence-electron chi connectivity index (χ3n) is 8.21. The van der Waals surface area contributed by atoms with Crippen LogP contribution in [0.15, 0.2) is 0 Å². The highest BCUT2D eigenvalue weighted by Crippen LogP contribution is 2.59. The van der Waals surface area contributed by atoms with Crippen LogP contribution < -0.4 is 0 Å². The van der Waals surface area contributed by atoms with Gasteiger partial charge in [-0.2, -0.15) is 0 Å². The van der Waals surface area contributed by atoms with Gasteiger partial charge in [0.2, 0.25) is 0 Å². The number of ether oxygens (including phenoxy) is 4. The van der Waals surface area contributed by atoms with Gasteiger partial charge in [0.05, 0.1) is 29.6 Å². The number of carbonyl (C=O) groups is 2. The summed E-state index contributed by atoms with van der Waals surface area (Å²) in [5.74, 6) is 0.854. The Hall–Kier alpha value is -1.18. The van der Waals surface area contributed by atoms with Crippen molar-refractivity contribution in [3.8, 4) is 0 Å². The Balaban J connectivity index is 0.000000196. The largest absolute Gasteiger partial charge is 0.459 e. The molecule has 0 spiro atoms. The molecule has 1 aliphatic heterocycles. The van der Waals surface area contributed by atoms with Crippen molar-refractivity contribution in [1.82, 2.24) is 0 Å². The average molecular weight is 469 g/mol. The standard InChI is InChI=1S/C16H26O3.C10H18O4/c1-4-14(2,3)13(17)19-16-8-11-5-12(9-16)7-15(18,6-11)10-16;1-4-10(2,3)9(11)14-8-5-12-7-13-6-8/h11-12,18H,4-10H2,1-3H3;8H,4-7H2,1-3H3. The molecule has 1 saturated heterocycles. The molecule has 4 saturated carbocycles. The van der Waals surface area contributed by atoms with Gasteiger partial charge in [0.25, 0.3) is 0 Å². The summed E-state index contributed by atoms with van der Waals surface area (Å²) in [5, 5.41) is 10.6. The van der Waals surface area contributed by atoms with Crippen LogP contribution in [0.5, 0.6) is 0 Å². The average Bonchev–Trinajstić information content (AvgIpc) is 2.72. The SMILES string of the molecule is CCC(C)(C)C(=O)OC12CC3CC(CC(O)(C3)C1)C2.CCC(C)(C)C(=O)OC1COCOC1. The van der Waals surface area contributed by atoms with Gasteiger partial charge in [-0.25, -0.2) is 0 Å². The Labute approximate surface area is 198 Å². The summed E-state index contributed by atoms with van der Waals surface area (Å²) in [5.41, 5.74) is -1.74. The first-order valence-electron chi connectivity index (χ1n) is 12.6. The highest BCUT2D eigenvalue weighted by Gasteiger charge is 2.59. The maximum Gasteiger partial charge on any atom is 0.312 e. The van der Waals surface area contributed by atoms with E-state index in [0.717, 1.165) is 38.5 Å².